The number of aliphatic carboxylic acids is 1. The third kappa shape index (κ3) is 47.6. The van der Waals surface area contributed by atoms with Gasteiger partial charge in [0.2, 0.25) is 0 Å². The van der Waals surface area contributed by atoms with E-state index >= 15 is 0 Å². The fourth-order valence-corrected chi connectivity index (χ4v) is 6.09. The van der Waals surface area contributed by atoms with Crippen LogP contribution < -0.4 is 5.11 Å². The highest BCUT2D eigenvalue weighted by molar-refractivity contribution is 5.70. The number of rotatable bonds is 44. The lowest BCUT2D eigenvalue weighted by Gasteiger charge is -2.26. The molecule has 9 nitrogen and oxygen atoms in total. The maximum absolute atomic E-state index is 12.7. The summed E-state index contributed by atoms with van der Waals surface area (Å²) < 4.78 is 22.4. The summed E-state index contributed by atoms with van der Waals surface area (Å²) in [5.41, 5.74) is 0. The predicted octanol–water partition coefficient (Wildman–Crippen LogP) is 12.8. The van der Waals surface area contributed by atoms with E-state index in [1.165, 1.54) is 32.1 Å². The van der Waals surface area contributed by atoms with Crippen LogP contribution in [0.15, 0.2) is 122 Å². The lowest BCUT2D eigenvalue weighted by molar-refractivity contribution is -0.870. The molecule has 9 heteroatoms. The molecule has 0 aliphatic carbocycles. The molecule has 0 radical (unpaired) electrons. The van der Waals surface area contributed by atoms with E-state index in [1.54, 1.807) is 0 Å². The van der Waals surface area contributed by atoms with Crippen molar-refractivity contribution < 1.29 is 42.9 Å². The van der Waals surface area contributed by atoms with Gasteiger partial charge in [-0.2, -0.15) is 0 Å². The molecule has 0 saturated heterocycles. The summed E-state index contributed by atoms with van der Waals surface area (Å²) in [5, 5.41) is 11.7. The number of carboxylic acids is 1. The number of ether oxygens (including phenoxy) is 4. The number of carbonyl (C=O) groups is 3. The Hall–Kier alpha value is -4.31. The summed E-state index contributed by atoms with van der Waals surface area (Å²) in [6, 6.07) is 0. The summed E-state index contributed by atoms with van der Waals surface area (Å²) in [6.45, 7) is 4.50. The Morgan fingerprint density at radius 2 is 0.864 bits per heavy atom. The Balaban J connectivity index is 4.32. The second-order valence-electron chi connectivity index (χ2n) is 17.4. The summed E-state index contributed by atoms with van der Waals surface area (Å²) >= 11 is 0. The van der Waals surface area contributed by atoms with Crippen LogP contribution in [0.1, 0.15) is 162 Å². The Bertz CT molecular complexity index is 1490. The molecule has 0 aromatic carbocycles. The molecule has 0 aliphatic heterocycles. The van der Waals surface area contributed by atoms with E-state index in [0.717, 1.165) is 96.3 Å². The van der Waals surface area contributed by atoms with Crippen molar-refractivity contribution in [1.29, 1.82) is 0 Å². The van der Waals surface area contributed by atoms with Crippen LogP contribution in [0.4, 0.5) is 0 Å². The van der Waals surface area contributed by atoms with Crippen LogP contribution in [0.3, 0.4) is 0 Å². The van der Waals surface area contributed by atoms with Gasteiger partial charge in [-0.15, -0.1) is 0 Å². The lowest BCUT2D eigenvalue weighted by Crippen LogP contribution is -2.44. The average molecular weight is 918 g/mol. The zero-order valence-corrected chi connectivity index (χ0v) is 42.0. The number of quaternary nitrogens is 1. The molecule has 0 bridgehead atoms. The second-order valence-corrected chi connectivity index (χ2v) is 17.4. The van der Waals surface area contributed by atoms with E-state index in [1.807, 2.05) is 21.1 Å². The monoisotopic (exact) mass is 918 g/mol. The third-order valence-corrected chi connectivity index (χ3v) is 9.97. The minimum atomic E-state index is -1.64. The topological polar surface area (TPSA) is 111 Å². The van der Waals surface area contributed by atoms with E-state index < -0.39 is 24.3 Å². The molecule has 0 aliphatic rings. The standard InChI is InChI=1S/C57H91NO8/c1-6-8-10-12-14-16-17-18-19-20-21-22-23-24-25-26-27-28-29-30-31-32-33-34-35-36-37-38-39-40-42-44-46-48-55(60)66-53(52-65-57(56(61)62)63-50-49-58(3,4)5)51-64-54(59)47-45-43-41-15-13-11-9-7-2/h8,10,14,16,18-19,21-22,24-25,27-28,30-31,33-34,36-37,39-40,53,57H,6-7,9,11-13,15,17,20,23,26,29,32,35,38,41-52H2,1-5H3/b10-8-,16-14-,19-18-,22-21-,25-24-,28-27-,31-30-,34-33-,37-36-,40-39-. The van der Waals surface area contributed by atoms with Crippen LogP contribution in [0.2, 0.25) is 0 Å². The number of carboxylic acid groups (broad SMARTS) is 1. The van der Waals surface area contributed by atoms with Crippen LogP contribution in [0.25, 0.3) is 0 Å². The van der Waals surface area contributed by atoms with Crippen molar-refractivity contribution in [2.45, 2.75) is 174 Å². The zero-order valence-electron chi connectivity index (χ0n) is 42.0. The SMILES string of the molecule is CC/C=C\C/C=C\C/C=C\C/C=C\C/C=C\C/C=C\C/C=C\C/C=C\C/C=C\C/C=C\CCCCC(=O)OC(COC(=O)CCCCCCCCCC)COC(OCC[N+](C)(C)C)C(=O)[O-]. The summed E-state index contributed by atoms with van der Waals surface area (Å²) in [6.07, 6.45) is 62.7. The van der Waals surface area contributed by atoms with E-state index in [0.29, 0.717) is 17.4 Å². The van der Waals surface area contributed by atoms with Gasteiger partial charge in [0.1, 0.15) is 13.2 Å². The first-order chi connectivity index (χ1) is 32.1. The van der Waals surface area contributed by atoms with Crippen LogP contribution in [0.5, 0.6) is 0 Å². The minimum Gasteiger partial charge on any atom is -0.545 e. The van der Waals surface area contributed by atoms with Crippen LogP contribution in [-0.4, -0.2) is 82.3 Å². The van der Waals surface area contributed by atoms with Crippen molar-refractivity contribution in [3.8, 4) is 0 Å². The number of carbonyl (C=O) groups excluding carboxylic acids is 3. The van der Waals surface area contributed by atoms with E-state index in [9.17, 15) is 19.5 Å². The zero-order chi connectivity index (χ0) is 48.4. The number of allylic oxidation sites excluding steroid dienone is 20. The minimum absolute atomic E-state index is 0.133. The maximum Gasteiger partial charge on any atom is 0.306 e. The molecule has 372 valence electrons. The molecule has 0 saturated carbocycles. The molecule has 2 atom stereocenters. The van der Waals surface area contributed by atoms with Gasteiger partial charge in [-0.25, -0.2) is 0 Å². The van der Waals surface area contributed by atoms with Crippen molar-refractivity contribution in [2.75, 3.05) is 47.5 Å². The fraction of sp³-hybridized carbons (Fsp3) is 0.596. The molecule has 0 fully saturated rings. The van der Waals surface area contributed by atoms with Gasteiger partial charge in [-0.05, 0) is 89.9 Å². The van der Waals surface area contributed by atoms with Crippen molar-refractivity contribution in [2.24, 2.45) is 0 Å². The fourth-order valence-electron chi connectivity index (χ4n) is 6.09. The van der Waals surface area contributed by atoms with Crippen molar-refractivity contribution in [3.05, 3.63) is 122 Å². The largest absolute Gasteiger partial charge is 0.545 e. The molecule has 0 aromatic rings. The number of hydrogen-bond acceptors (Lipinski definition) is 8. The molecule has 66 heavy (non-hydrogen) atoms. The number of esters is 2. The normalized spacial score (nSPS) is 13.9. The Morgan fingerprint density at radius 3 is 1.29 bits per heavy atom. The number of nitrogens with zero attached hydrogens (tertiary/aromatic N) is 1. The average Bonchev–Trinajstić information content (AvgIpc) is 3.28. The first-order valence-electron chi connectivity index (χ1n) is 25.2. The van der Waals surface area contributed by atoms with Crippen LogP contribution in [-0.2, 0) is 33.3 Å². The molecular weight excluding hydrogens is 827 g/mol. The van der Waals surface area contributed by atoms with Gasteiger partial charge in [-0.3, -0.25) is 9.59 Å². The predicted molar refractivity (Wildman–Crippen MR) is 273 cm³/mol. The third-order valence-electron chi connectivity index (χ3n) is 9.97. The van der Waals surface area contributed by atoms with Crippen molar-refractivity contribution >= 4 is 17.9 Å². The lowest BCUT2D eigenvalue weighted by atomic mass is 10.1. The maximum atomic E-state index is 12.7. The summed E-state index contributed by atoms with van der Waals surface area (Å²) in [7, 11) is 5.88. The molecular formula is C57H91NO8. The number of likely N-dealkylation sites (N-methyl/N-ethyl adjacent to an activating group) is 1. The van der Waals surface area contributed by atoms with E-state index in [2.05, 4.69) is 135 Å². The first kappa shape index (κ1) is 61.7. The Labute approximate surface area is 402 Å². The van der Waals surface area contributed by atoms with Gasteiger partial charge in [0.25, 0.3) is 0 Å². The second kappa shape index (κ2) is 47.2. The highest BCUT2D eigenvalue weighted by Crippen LogP contribution is 2.12. The van der Waals surface area contributed by atoms with Gasteiger partial charge >= 0.3 is 11.9 Å². The molecule has 0 spiro atoms. The molecule has 0 amide bonds. The molecule has 0 N–H and O–H groups in total. The van der Waals surface area contributed by atoms with E-state index in [4.69, 9.17) is 18.9 Å². The quantitative estimate of drug-likeness (QED) is 0.0195. The summed E-state index contributed by atoms with van der Waals surface area (Å²) in [5.74, 6) is -2.37. The van der Waals surface area contributed by atoms with Gasteiger partial charge in [-0.1, -0.05) is 180 Å². The highest BCUT2D eigenvalue weighted by atomic mass is 16.7. The number of unbranched alkanes of at least 4 members (excludes halogenated alkanes) is 9. The molecule has 0 heterocycles. The van der Waals surface area contributed by atoms with E-state index in [-0.39, 0.29) is 38.6 Å². The Kier molecular flexibility index (Phi) is 44.1. The van der Waals surface area contributed by atoms with Crippen molar-refractivity contribution in [3.63, 3.8) is 0 Å². The number of hydrogen-bond donors (Lipinski definition) is 0. The first-order valence-corrected chi connectivity index (χ1v) is 25.2. The smallest absolute Gasteiger partial charge is 0.306 e. The van der Waals surface area contributed by atoms with Gasteiger partial charge in [0.05, 0.1) is 40.3 Å². The van der Waals surface area contributed by atoms with Crippen LogP contribution >= 0.6 is 0 Å². The molecule has 2 unspecified atom stereocenters. The van der Waals surface area contributed by atoms with Crippen molar-refractivity contribution in [1.82, 2.24) is 0 Å². The van der Waals surface area contributed by atoms with Crippen LogP contribution in [0, 0.1) is 0 Å². The van der Waals surface area contributed by atoms with Gasteiger partial charge < -0.3 is 33.3 Å². The van der Waals surface area contributed by atoms with Gasteiger partial charge in [0.15, 0.2) is 12.4 Å². The Morgan fingerprint density at radius 1 is 0.470 bits per heavy atom. The molecule has 0 rings (SSSR count). The summed E-state index contributed by atoms with van der Waals surface area (Å²) in [4.78, 5) is 36.9. The highest BCUT2D eigenvalue weighted by Gasteiger charge is 2.21. The van der Waals surface area contributed by atoms with Gasteiger partial charge in [0, 0.05) is 12.8 Å². The molecule has 0 aromatic heterocycles.